The fourth-order valence-corrected chi connectivity index (χ4v) is 2.59. The van der Waals surface area contributed by atoms with Crippen molar-refractivity contribution in [2.75, 3.05) is 21.3 Å². The van der Waals surface area contributed by atoms with Crippen LogP contribution in [0, 0.1) is 0 Å². The number of fused-ring (bicyclic) bond motifs is 1. The second kappa shape index (κ2) is 5.68. The van der Waals surface area contributed by atoms with E-state index in [1.807, 2.05) is 12.1 Å². The van der Waals surface area contributed by atoms with Crippen molar-refractivity contribution in [2.24, 2.45) is 0 Å². The lowest BCUT2D eigenvalue weighted by Crippen LogP contribution is -2.44. The van der Waals surface area contributed by atoms with Crippen molar-refractivity contribution < 1.29 is 14.3 Å². The van der Waals surface area contributed by atoms with Gasteiger partial charge in [0.1, 0.15) is 0 Å². The van der Waals surface area contributed by atoms with Gasteiger partial charge in [-0.25, -0.2) is 0 Å². The molecule has 1 aromatic rings. The van der Waals surface area contributed by atoms with Crippen LogP contribution < -0.4 is 20.1 Å². The highest BCUT2D eigenvalue weighted by Gasteiger charge is 2.29. The molecule has 0 bridgehead atoms. The zero-order valence-electron chi connectivity index (χ0n) is 13.2. The molecule has 0 fully saturated rings. The van der Waals surface area contributed by atoms with Crippen LogP contribution in [-0.2, 0) is 11.2 Å². The van der Waals surface area contributed by atoms with E-state index in [1.165, 1.54) is 0 Å². The summed E-state index contributed by atoms with van der Waals surface area (Å²) in [5.41, 5.74) is 2.76. The monoisotopic (exact) mass is 290 g/mol. The summed E-state index contributed by atoms with van der Waals surface area (Å²) in [5, 5.41) is 6.02. The number of nitrogens with one attached hydrogen (secondary N) is 2. The molecule has 1 heterocycles. The molecule has 0 atom stereocenters. The molecule has 2 N–H and O–H groups in total. The van der Waals surface area contributed by atoms with Crippen molar-refractivity contribution in [3.63, 3.8) is 0 Å². The van der Waals surface area contributed by atoms with Gasteiger partial charge in [-0.2, -0.15) is 0 Å². The van der Waals surface area contributed by atoms with Gasteiger partial charge in [0.25, 0.3) is 0 Å². The molecule has 0 saturated heterocycles. The molecule has 5 heteroatoms. The summed E-state index contributed by atoms with van der Waals surface area (Å²) >= 11 is 0. The SMILES string of the molecule is CNC(=O)/C=C1/NC(C)(C)Cc2cc(OC)c(OC)cc21. The minimum Gasteiger partial charge on any atom is -0.493 e. The van der Waals surface area contributed by atoms with E-state index in [9.17, 15) is 4.79 Å². The highest BCUT2D eigenvalue weighted by molar-refractivity contribution is 5.95. The van der Waals surface area contributed by atoms with Gasteiger partial charge in [-0.1, -0.05) is 0 Å². The minimum absolute atomic E-state index is 0.132. The smallest absolute Gasteiger partial charge is 0.245 e. The third-order valence-corrected chi connectivity index (χ3v) is 3.53. The topological polar surface area (TPSA) is 59.6 Å². The number of hydrogen-bond acceptors (Lipinski definition) is 4. The molecule has 0 spiro atoms. The first-order valence-electron chi connectivity index (χ1n) is 6.87. The van der Waals surface area contributed by atoms with Gasteiger partial charge in [-0.3, -0.25) is 4.79 Å². The molecular formula is C16H22N2O3. The van der Waals surface area contributed by atoms with Gasteiger partial charge in [-0.05, 0) is 38.0 Å². The molecule has 0 unspecified atom stereocenters. The minimum atomic E-state index is -0.143. The number of carbonyl (C=O) groups is 1. The average Bonchev–Trinajstić information content (AvgIpc) is 2.44. The lowest BCUT2D eigenvalue weighted by Gasteiger charge is -2.36. The fraction of sp³-hybridized carbons (Fsp3) is 0.438. The summed E-state index contributed by atoms with van der Waals surface area (Å²) < 4.78 is 10.7. The lowest BCUT2D eigenvalue weighted by atomic mass is 9.85. The summed E-state index contributed by atoms with van der Waals surface area (Å²) in [6.45, 7) is 4.20. The Morgan fingerprint density at radius 3 is 2.48 bits per heavy atom. The van der Waals surface area contributed by atoms with Gasteiger partial charge in [0.05, 0.1) is 14.2 Å². The Hall–Kier alpha value is -2.17. The average molecular weight is 290 g/mol. The lowest BCUT2D eigenvalue weighted by molar-refractivity contribution is -0.116. The third kappa shape index (κ3) is 3.12. The first-order valence-corrected chi connectivity index (χ1v) is 6.87. The summed E-state index contributed by atoms with van der Waals surface area (Å²) in [6, 6.07) is 3.89. The molecule has 0 saturated carbocycles. The summed E-state index contributed by atoms with van der Waals surface area (Å²) in [4.78, 5) is 11.7. The Morgan fingerprint density at radius 1 is 1.29 bits per heavy atom. The van der Waals surface area contributed by atoms with Gasteiger partial charge in [0.2, 0.25) is 5.91 Å². The van der Waals surface area contributed by atoms with Crippen LogP contribution in [0.3, 0.4) is 0 Å². The van der Waals surface area contributed by atoms with Crippen LogP contribution in [0.1, 0.15) is 25.0 Å². The Bertz CT molecular complexity index is 591. The van der Waals surface area contributed by atoms with Crippen LogP contribution in [0.5, 0.6) is 11.5 Å². The van der Waals surface area contributed by atoms with Crippen molar-refractivity contribution in [1.29, 1.82) is 0 Å². The van der Waals surface area contributed by atoms with E-state index in [0.29, 0.717) is 11.5 Å². The Labute approximate surface area is 125 Å². The normalized spacial score (nSPS) is 17.7. The van der Waals surface area contributed by atoms with E-state index in [-0.39, 0.29) is 11.4 Å². The number of hydrogen-bond donors (Lipinski definition) is 2. The number of ether oxygens (including phenoxy) is 2. The summed E-state index contributed by atoms with van der Waals surface area (Å²) in [6.07, 6.45) is 2.42. The highest BCUT2D eigenvalue weighted by Crippen LogP contribution is 2.37. The maximum atomic E-state index is 11.7. The van der Waals surface area contributed by atoms with Crippen LogP contribution in [0.2, 0.25) is 0 Å². The van der Waals surface area contributed by atoms with Crippen LogP contribution in [0.4, 0.5) is 0 Å². The summed E-state index contributed by atoms with van der Waals surface area (Å²) in [7, 11) is 4.84. The molecule has 114 valence electrons. The Kier molecular flexibility index (Phi) is 4.11. The predicted molar refractivity (Wildman–Crippen MR) is 82.5 cm³/mol. The van der Waals surface area contributed by atoms with Crippen molar-refractivity contribution in [1.82, 2.24) is 10.6 Å². The second-order valence-electron chi connectivity index (χ2n) is 5.72. The second-order valence-corrected chi connectivity index (χ2v) is 5.72. The van der Waals surface area contributed by atoms with E-state index in [0.717, 1.165) is 23.2 Å². The Morgan fingerprint density at radius 2 is 1.90 bits per heavy atom. The molecule has 2 rings (SSSR count). The number of likely N-dealkylation sites (N-methyl/N-ethyl adjacent to an activating group) is 1. The first-order chi connectivity index (χ1) is 9.90. The maximum Gasteiger partial charge on any atom is 0.245 e. The van der Waals surface area contributed by atoms with Crippen LogP contribution in [0.15, 0.2) is 18.2 Å². The molecule has 1 aliphatic rings. The molecule has 5 nitrogen and oxygen atoms in total. The highest BCUT2D eigenvalue weighted by atomic mass is 16.5. The van der Waals surface area contributed by atoms with E-state index in [4.69, 9.17) is 9.47 Å². The van der Waals surface area contributed by atoms with Crippen LogP contribution in [-0.4, -0.2) is 32.7 Å². The first kappa shape index (κ1) is 15.2. The molecule has 0 radical (unpaired) electrons. The number of methoxy groups -OCH3 is 2. The molecular weight excluding hydrogens is 268 g/mol. The van der Waals surface area contributed by atoms with E-state index in [2.05, 4.69) is 24.5 Å². The molecule has 0 aliphatic carbocycles. The van der Waals surface area contributed by atoms with Crippen molar-refractivity contribution >= 4 is 11.6 Å². The molecule has 1 aliphatic heterocycles. The van der Waals surface area contributed by atoms with Gasteiger partial charge in [0.15, 0.2) is 11.5 Å². The van der Waals surface area contributed by atoms with Crippen LogP contribution in [0.25, 0.3) is 5.70 Å². The quantitative estimate of drug-likeness (QED) is 0.832. The molecule has 1 amide bonds. The standard InChI is InChI=1S/C16H22N2O3/c1-16(2)9-10-6-13(20-4)14(21-5)7-11(10)12(18-16)8-15(19)17-3/h6-8,18H,9H2,1-5H3,(H,17,19)/b12-8+. The zero-order valence-corrected chi connectivity index (χ0v) is 13.2. The number of rotatable bonds is 3. The van der Waals surface area contributed by atoms with Crippen LogP contribution >= 0.6 is 0 Å². The molecule has 0 aromatic heterocycles. The predicted octanol–water partition coefficient (Wildman–Crippen LogP) is 1.71. The number of carbonyl (C=O) groups excluding carboxylic acids is 1. The van der Waals surface area contributed by atoms with E-state index in [1.54, 1.807) is 27.3 Å². The van der Waals surface area contributed by atoms with Crippen molar-refractivity contribution in [2.45, 2.75) is 25.8 Å². The van der Waals surface area contributed by atoms with E-state index >= 15 is 0 Å². The molecule has 1 aromatic carbocycles. The number of benzene rings is 1. The summed E-state index contributed by atoms with van der Waals surface area (Å²) in [5.74, 6) is 1.21. The zero-order chi connectivity index (χ0) is 15.6. The van der Waals surface area contributed by atoms with Gasteiger partial charge < -0.3 is 20.1 Å². The molecule has 21 heavy (non-hydrogen) atoms. The van der Waals surface area contributed by atoms with Gasteiger partial charge >= 0.3 is 0 Å². The fourth-order valence-electron chi connectivity index (χ4n) is 2.59. The van der Waals surface area contributed by atoms with E-state index < -0.39 is 0 Å². The number of amides is 1. The van der Waals surface area contributed by atoms with Gasteiger partial charge in [-0.15, -0.1) is 0 Å². The van der Waals surface area contributed by atoms with Crippen molar-refractivity contribution in [3.05, 3.63) is 29.3 Å². The Balaban J connectivity index is 2.58. The van der Waals surface area contributed by atoms with Crippen molar-refractivity contribution in [3.8, 4) is 11.5 Å². The maximum absolute atomic E-state index is 11.7. The largest absolute Gasteiger partial charge is 0.493 e. The van der Waals surface area contributed by atoms with Gasteiger partial charge in [0, 0.05) is 29.9 Å². The third-order valence-electron chi connectivity index (χ3n) is 3.53.